The summed E-state index contributed by atoms with van der Waals surface area (Å²) in [5.74, 6) is 1.23. The first-order valence-corrected chi connectivity index (χ1v) is 8.77. The molecule has 2 atom stereocenters. The molecule has 118 valence electrons. The fourth-order valence-corrected chi connectivity index (χ4v) is 7.10. The summed E-state index contributed by atoms with van der Waals surface area (Å²) in [6.07, 6.45) is 8.43. The maximum Gasteiger partial charge on any atom is 0.228 e. The summed E-state index contributed by atoms with van der Waals surface area (Å²) >= 11 is 0. The SMILES string of the molecule is CCC1(N)CN(C(=O)C23CC4CC(C)(CC(C)(C4)C2)C3)C1. The molecule has 0 aromatic heterocycles. The van der Waals surface area contributed by atoms with Crippen LogP contribution in [0.3, 0.4) is 0 Å². The number of nitrogens with zero attached hydrogens (tertiary/aromatic N) is 1. The maximum absolute atomic E-state index is 13.2. The third-order valence-corrected chi connectivity index (χ3v) is 7.08. The van der Waals surface area contributed by atoms with E-state index in [1.807, 2.05) is 0 Å². The molecule has 0 spiro atoms. The van der Waals surface area contributed by atoms with E-state index in [-0.39, 0.29) is 11.0 Å². The fourth-order valence-electron chi connectivity index (χ4n) is 7.10. The van der Waals surface area contributed by atoms with Gasteiger partial charge < -0.3 is 10.6 Å². The summed E-state index contributed by atoms with van der Waals surface area (Å²) in [4.78, 5) is 15.3. The molecule has 21 heavy (non-hydrogen) atoms. The van der Waals surface area contributed by atoms with Crippen LogP contribution in [0.25, 0.3) is 0 Å². The number of carbonyl (C=O) groups excluding carboxylic acids is 1. The zero-order chi connectivity index (χ0) is 15.1. The van der Waals surface area contributed by atoms with Crippen molar-refractivity contribution in [3.63, 3.8) is 0 Å². The van der Waals surface area contributed by atoms with Crippen LogP contribution in [0.4, 0.5) is 0 Å². The van der Waals surface area contributed by atoms with E-state index >= 15 is 0 Å². The summed E-state index contributed by atoms with van der Waals surface area (Å²) in [5, 5.41) is 0. The van der Waals surface area contributed by atoms with Gasteiger partial charge in [0.1, 0.15) is 0 Å². The molecular formula is C18H30N2O. The minimum absolute atomic E-state index is 0.0437. The largest absolute Gasteiger partial charge is 0.338 e. The molecule has 0 aromatic rings. The summed E-state index contributed by atoms with van der Waals surface area (Å²) in [5.41, 5.74) is 6.96. The predicted octanol–water partition coefficient (Wildman–Crippen LogP) is 2.93. The fraction of sp³-hybridized carbons (Fsp3) is 0.944. The van der Waals surface area contributed by atoms with Gasteiger partial charge in [0.2, 0.25) is 5.91 Å². The van der Waals surface area contributed by atoms with Crippen molar-refractivity contribution in [2.24, 2.45) is 27.9 Å². The predicted molar refractivity (Wildman–Crippen MR) is 83.6 cm³/mol. The van der Waals surface area contributed by atoms with Crippen molar-refractivity contribution in [1.82, 2.24) is 4.90 Å². The maximum atomic E-state index is 13.2. The zero-order valence-electron chi connectivity index (χ0n) is 13.9. The van der Waals surface area contributed by atoms with Crippen molar-refractivity contribution >= 4 is 5.91 Å². The lowest BCUT2D eigenvalue weighted by Gasteiger charge is -2.66. The number of likely N-dealkylation sites (tertiary alicyclic amines) is 1. The summed E-state index contributed by atoms with van der Waals surface area (Å²) in [6, 6.07) is 0. The first-order chi connectivity index (χ1) is 9.69. The van der Waals surface area contributed by atoms with Crippen LogP contribution in [0.15, 0.2) is 0 Å². The van der Waals surface area contributed by atoms with Crippen molar-refractivity contribution in [3.8, 4) is 0 Å². The summed E-state index contributed by atoms with van der Waals surface area (Å²) in [6.45, 7) is 8.57. The third kappa shape index (κ3) is 1.92. The Balaban J connectivity index is 1.59. The van der Waals surface area contributed by atoms with Gasteiger partial charge in [-0.1, -0.05) is 20.8 Å². The molecule has 0 aromatic carbocycles. The molecule has 1 heterocycles. The zero-order valence-corrected chi connectivity index (χ0v) is 13.9. The molecular weight excluding hydrogens is 260 g/mol. The molecule has 5 fully saturated rings. The summed E-state index contributed by atoms with van der Waals surface area (Å²) in [7, 11) is 0. The van der Waals surface area contributed by atoms with Gasteiger partial charge in [-0.05, 0) is 61.7 Å². The minimum Gasteiger partial charge on any atom is -0.338 e. The Kier molecular flexibility index (Phi) is 2.57. The van der Waals surface area contributed by atoms with E-state index in [9.17, 15) is 4.79 Å². The first kappa shape index (κ1) is 14.0. The topological polar surface area (TPSA) is 46.3 Å². The second-order valence-electron chi connectivity index (χ2n) is 9.79. The normalized spacial score (nSPS) is 50.1. The smallest absolute Gasteiger partial charge is 0.228 e. The molecule has 5 aliphatic rings. The van der Waals surface area contributed by atoms with Gasteiger partial charge in [0, 0.05) is 13.1 Å². The molecule has 2 N–H and O–H groups in total. The quantitative estimate of drug-likeness (QED) is 0.850. The molecule has 1 saturated heterocycles. The van der Waals surface area contributed by atoms with Crippen LogP contribution in [0, 0.1) is 22.2 Å². The van der Waals surface area contributed by atoms with Gasteiger partial charge in [-0.2, -0.15) is 0 Å². The Morgan fingerprint density at radius 1 is 1.10 bits per heavy atom. The van der Waals surface area contributed by atoms with Crippen molar-refractivity contribution < 1.29 is 4.79 Å². The molecule has 4 bridgehead atoms. The van der Waals surface area contributed by atoms with Crippen LogP contribution in [-0.4, -0.2) is 29.4 Å². The van der Waals surface area contributed by atoms with Crippen LogP contribution < -0.4 is 5.73 Å². The molecule has 4 saturated carbocycles. The van der Waals surface area contributed by atoms with E-state index in [0.717, 1.165) is 44.7 Å². The highest BCUT2D eigenvalue weighted by Gasteiger charge is 2.64. The molecule has 2 unspecified atom stereocenters. The van der Waals surface area contributed by atoms with E-state index in [1.54, 1.807) is 0 Å². The van der Waals surface area contributed by atoms with Gasteiger partial charge in [0.25, 0.3) is 0 Å². The Morgan fingerprint density at radius 2 is 1.67 bits per heavy atom. The number of amides is 1. The highest BCUT2D eigenvalue weighted by Crippen LogP contribution is 2.70. The standard InChI is InChI=1S/C18H30N2O/c1-4-18(19)11-20(12-18)14(21)17-7-13-5-15(2,9-17)8-16(3,6-13)10-17/h13H,4-12,19H2,1-3H3. The lowest BCUT2D eigenvalue weighted by Crippen LogP contribution is -2.71. The van der Waals surface area contributed by atoms with Gasteiger partial charge in [0.15, 0.2) is 0 Å². The number of nitrogens with two attached hydrogens (primary N) is 1. The van der Waals surface area contributed by atoms with Crippen LogP contribution in [-0.2, 0) is 4.79 Å². The highest BCUT2D eigenvalue weighted by molar-refractivity contribution is 5.84. The Hall–Kier alpha value is -0.570. The van der Waals surface area contributed by atoms with E-state index in [2.05, 4.69) is 25.7 Å². The number of carbonyl (C=O) groups is 1. The third-order valence-electron chi connectivity index (χ3n) is 7.08. The van der Waals surface area contributed by atoms with Gasteiger partial charge >= 0.3 is 0 Å². The molecule has 1 amide bonds. The van der Waals surface area contributed by atoms with Crippen LogP contribution in [0.2, 0.25) is 0 Å². The molecule has 1 aliphatic heterocycles. The second kappa shape index (κ2) is 3.84. The average molecular weight is 290 g/mol. The van der Waals surface area contributed by atoms with Gasteiger partial charge in [-0.3, -0.25) is 4.79 Å². The van der Waals surface area contributed by atoms with Crippen molar-refractivity contribution in [1.29, 1.82) is 0 Å². The molecule has 0 radical (unpaired) electrons. The van der Waals surface area contributed by atoms with E-state index in [1.165, 1.54) is 19.3 Å². The molecule has 3 nitrogen and oxygen atoms in total. The van der Waals surface area contributed by atoms with Crippen molar-refractivity contribution in [3.05, 3.63) is 0 Å². The van der Waals surface area contributed by atoms with Crippen LogP contribution in [0.5, 0.6) is 0 Å². The first-order valence-electron chi connectivity index (χ1n) is 8.77. The van der Waals surface area contributed by atoms with Crippen molar-refractivity contribution in [2.75, 3.05) is 13.1 Å². The van der Waals surface area contributed by atoms with Crippen LogP contribution in [0.1, 0.15) is 65.7 Å². The van der Waals surface area contributed by atoms with Crippen LogP contribution >= 0.6 is 0 Å². The van der Waals surface area contributed by atoms with Gasteiger partial charge in [-0.15, -0.1) is 0 Å². The van der Waals surface area contributed by atoms with Gasteiger partial charge in [-0.25, -0.2) is 0 Å². The number of hydrogen-bond acceptors (Lipinski definition) is 2. The lowest BCUT2D eigenvalue weighted by atomic mass is 9.40. The van der Waals surface area contributed by atoms with E-state index in [0.29, 0.717) is 16.7 Å². The van der Waals surface area contributed by atoms with E-state index in [4.69, 9.17) is 5.73 Å². The van der Waals surface area contributed by atoms with E-state index < -0.39 is 0 Å². The number of hydrogen-bond donors (Lipinski definition) is 1. The Morgan fingerprint density at radius 3 is 2.14 bits per heavy atom. The lowest BCUT2D eigenvalue weighted by molar-refractivity contribution is -0.185. The average Bonchev–Trinajstić information content (AvgIpc) is 2.29. The molecule has 4 aliphatic carbocycles. The minimum atomic E-state index is -0.105. The highest BCUT2D eigenvalue weighted by atomic mass is 16.2. The Labute approximate surface area is 128 Å². The van der Waals surface area contributed by atoms with Gasteiger partial charge in [0.05, 0.1) is 11.0 Å². The molecule has 3 heteroatoms. The number of rotatable bonds is 2. The molecule has 5 rings (SSSR count). The Bertz CT molecular complexity index is 475. The monoisotopic (exact) mass is 290 g/mol. The second-order valence-corrected chi connectivity index (χ2v) is 9.79. The summed E-state index contributed by atoms with van der Waals surface area (Å²) < 4.78 is 0. The van der Waals surface area contributed by atoms with Crippen molar-refractivity contribution in [2.45, 2.75) is 71.3 Å².